The lowest BCUT2D eigenvalue weighted by molar-refractivity contribution is 1.14. The fourth-order valence-corrected chi connectivity index (χ4v) is 3.59. The molecule has 1 aromatic carbocycles. The number of rotatable bonds is 1. The summed E-state index contributed by atoms with van der Waals surface area (Å²) in [6, 6.07) is 8.38. The minimum absolute atomic E-state index is 0.286. The van der Waals surface area contributed by atoms with Gasteiger partial charge in [-0.3, -0.25) is 0 Å². The SMILES string of the molecule is Cc1cnc(Cl)nc1-c1cc2ccc(Br)cc2s1. The zero-order valence-corrected chi connectivity index (χ0v) is 12.6. The molecule has 0 unspecified atom stereocenters. The summed E-state index contributed by atoms with van der Waals surface area (Å²) in [5, 5.41) is 1.50. The van der Waals surface area contributed by atoms with Crippen LogP contribution in [0.5, 0.6) is 0 Å². The van der Waals surface area contributed by atoms with Crippen molar-refractivity contribution in [1.82, 2.24) is 9.97 Å². The molecule has 90 valence electrons. The summed E-state index contributed by atoms with van der Waals surface area (Å²) < 4.78 is 2.31. The summed E-state index contributed by atoms with van der Waals surface area (Å²) in [7, 11) is 0. The average molecular weight is 340 g/mol. The van der Waals surface area contributed by atoms with Crippen LogP contribution in [-0.4, -0.2) is 9.97 Å². The molecule has 0 spiro atoms. The van der Waals surface area contributed by atoms with Crippen LogP contribution in [0.4, 0.5) is 0 Å². The van der Waals surface area contributed by atoms with E-state index in [0.717, 1.165) is 20.6 Å². The Bertz CT molecular complexity index is 739. The number of hydrogen-bond donors (Lipinski definition) is 0. The van der Waals surface area contributed by atoms with Crippen LogP contribution >= 0.6 is 38.9 Å². The highest BCUT2D eigenvalue weighted by Gasteiger charge is 2.09. The second-order valence-corrected chi connectivity index (χ2v) is 6.30. The molecule has 3 aromatic rings. The van der Waals surface area contributed by atoms with Gasteiger partial charge in [0.25, 0.3) is 0 Å². The number of benzene rings is 1. The highest BCUT2D eigenvalue weighted by molar-refractivity contribution is 9.10. The molecule has 5 heteroatoms. The smallest absolute Gasteiger partial charge is 0.222 e. The molecule has 0 N–H and O–H groups in total. The predicted molar refractivity (Wildman–Crippen MR) is 80.3 cm³/mol. The largest absolute Gasteiger partial charge is 0.226 e. The van der Waals surface area contributed by atoms with Crippen molar-refractivity contribution in [3.8, 4) is 10.6 Å². The van der Waals surface area contributed by atoms with E-state index in [1.165, 1.54) is 10.1 Å². The van der Waals surface area contributed by atoms with Crippen LogP contribution < -0.4 is 0 Å². The maximum Gasteiger partial charge on any atom is 0.222 e. The van der Waals surface area contributed by atoms with E-state index >= 15 is 0 Å². The van der Waals surface area contributed by atoms with E-state index in [9.17, 15) is 0 Å². The Balaban J connectivity index is 2.22. The van der Waals surface area contributed by atoms with Gasteiger partial charge in [0.2, 0.25) is 5.28 Å². The van der Waals surface area contributed by atoms with Gasteiger partial charge in [-0.2, -0.15) is 0 Å². The molecule has 2 nitrogen and oxygen atoms in total. The van der Waals surface area contributed by atoms with Crippen molar-refractivity contribution in [2.24, 2.45) is 0 Å². The third-order valence-corrected chi connectivity index (χ3v) is 4.44. The fourth-order valence-electron chi connectivity index (χ4n) is 1.79. The molecular formula is C13H8BrClN2S. The van der Waals surface area contributed by atoms with Crippen molar-refractivity contribution in [2.45, 2.75) is 6.92 Å². The van der Waals surface area contributed by atoms with Crippen LogP contribution in [0.3, 0.4) is 0 Å². The number of fused-ring (bicyclic) bond motifs is 1. The third kappa shape index (κ3) is 2.16. The first-order valence-electron chi connectivity index (χ1n) is 5.32. The monoisotopic (exact) mass is 338 g/mol. The van der Waals surface area contributed by atoms with Crippen molar-refractivity contribution in [1.29, 1.82) is 0 Å². The van der Waals surface area contributed by atoms with Crippen molar-refractivity contribution >= 4 is 49.0 Å². The highest BCUT2D eigenvalue weighted by atomic mass is 79.9. The molecular weight excluding hydrogens is 332 g/mol. The molecule has 2 aromatic heterocycles. The number of thiophene rings is 1. The third-order valence-electron chi connectivity index (χ3n) is 2.66. The van der Waals surface area contributed by atoms with Gasteiger partial charge >= 0.3 is 0 Å². The van der Waals surface area contributed by atoms with Crippen LogP contribution in [0, 0.1) is 6.92 Å². The molecule has 0 radical (unpaired) electrons. The summed E-state index contributed by atoms with van der Waals surface area (Å²) in [6.45, 7) is 1.99. The number of halogens is 2. The molecule has 0 atom stereocenters. The minimum atomic E-state index is 0.286. The molecule has 0 amide bonds. The Hall–Kier alpha value is -0.970. The lowest BCUT2D eigenvalue weighted by Crippen LogP contribution is -1.89. The second-order valence-electron chi connectivity index (χ2n) is 3.96. The number of nitrogens with zero attached hydrogens (tertiary/aromatic N) is 2. The Kier molecular flexibility index (Phi) is 3.09. The van der Waals surface area contributed by atoms with E-state index < -0.39 is 0 Å². The molecule has 0 aliphatic heterocycles. The molecule has 0 aliphatic rings. The normalized spacial score (nSPS) is 11.1. The Labute approximate surface area is 122 Å². The molecule has 0 aliphatic carbocycles. The summed E-state index contributed by atoms with van der Waals surface area (Å²) in [5.74, 6) is 0. The Morgan fingerprint density at radius 2 is 2.11 bits per heavy atom. The first-order valence-corrected chi connectivity index (χ1v) is 7.31. The van der Waals surface area contributed by atoms with Crippen LogP contribution in [0.25, 0.3) is 20.7 Å². The molecule has 2 heterocycles. The summed E-state index contributed by atoms with van der Waals surface area (Å²) >= 11 is 11.1. The van der Waals surface area contributed by atoms with Gasteiger partial charge in [-0.1, -0.05) is 22.0 Å². The standard InChI is InChI=1S/C13H8BrClN2S/c1-7-6-16-13(15)17-12(7)11-4-8-2-3-9(14)5-10(8)18-11/h2-6H,1H3. The van der Waals surface area contributed by atoms with Gasteiger partial charge in [0.15, 0.2) is 0 Å². The first-order chi connectivity index (χ1) is 8.63. The van der Waals surface area contributed by atoms with Gasteiger partial charge in [-0.15, -0.1) is 11.3 Å². The fraction of sp³-hybridized carbons (Fsp3) is 0.0769. The number of aromatic nitrogens is 2. The summed E-state index contributed by atoms with van der Waals surface area (Å²) in [4.78, 5) is 9.41. The van der Waals surface area contributed by atoms with Gasteiger partial charge in [0.1, 0.15) is 0 Å². The van der Waals surface area contributed by atoms with E-state index in [4.69, 9.17) is 11.6 Å². The maximum atomic E-state index is 5.87. The minimum Gasteiger partial charge on any atom is -0.226 e. The van der Waals surface area contributed by atoms with Crippen LogP contribution in [-0.2, 0) is 0 Å². The number of hydrogen-bond acceptors (Lipinski definition) is 3. The maximum absolute atomic E-state index is 5.87. The van der Waals surface area contributed by atoms with Gasteiger partial charge in [0.05, 0.1) is 10.6 Å². The van der Waals surface area contributed by atoms with E-state index in [1.54, 1.807) is 17.5 Å². The highest BCUT2D eigenvalue weighted by Crippen LogP contribution is 2.35. The van der Waals surface area contributed by atoms with Gasteiger partial charge < -0.3 is 0 Å². The van der Waals surface area contributed by atoms with Gasteiger partial charge in [-0.05, 0) is 47.7 Å². The van der Waals surface area contributed by atoms with Crippen molar-refractivity contribution in [3.05, 3.63) is 45.8 Å². The van der Waals surface area contributed by atoms with E-state index in [2.05, 4.69) is 44.1 Å². The van der Waals surface area contributed by atoms with Crippen LogP contribution in [0.1, 0.15) is 5.56 Å². The summed E-state index contributed by atoms with van der Waals surface area (Å²) in [5.41, 5.74) is 1.94. The van der Waals surface area contributed by atoms with E-state index in [1.807, 2.05) is 13.0 Å². The lowest BCUT2D eigenvalue weighted by Gasteiger charge is -2.00. The van der Waals surface area contributed by atoms with Crippen LogP contribution in [0.2, 0.25) is 5.28 Å². The number of aryl methyl sites for hydroxylation is 1. The molecule has 0 saturated heterocycles. The zero-order valence-electron chi connectivity index (χ0n) is 9.45. The predicted octanol–water partition coefficient (Wildman–Crippen LogP) is 5.08. The Morgan fingerprint density at radius 3 is 2.94 bits per heavy atom. The topological polar surface area (TPSA) is 25.8 Å². The second kappa shape index (κ2) is 4.61. The first kappa shape index (κ1) is 12.1. The van der Waals surface area contributed by atoms with Crippen molar-refractivity contribution < 1.29 is 0 Å². The molecule has 0 saturated carbocycles. The molecule has 18 heavy (non-hydrogen) atoms. The van der Waals surface area contributed by atoms with Crippen molar-refractivity contribution in [2.75, 3.05) is 0 Å². The summed E-state index contributed by atoms with van der Waals surface area (Å²) in [6.07, 6.45) is 1.75. The lowest BCUT2D eigenvalue weighted by atomic mass is 10.2. The van der Waals surface area contributed by atoms with E-state index in [-0.39, 0.29) is 5.28 Å². The Morgan fingerprint density at radius 1 is 1.28 bits per heavy atom. The molecule has 0 fully saturated rings. The average Bonchev–Trinajstić information content (AvgIpc) is 2.74. The molecule has 0 bridgehead atoms. The quantitative estimate of drug-likeness (QED) is 0.578. The van der Waals surface area contributed by atoms with Crippen LogP contribution in [0.15, 0.2) is 34.9 Å². The van der Waals surface area contributed by atoms with Gasteiger partial charge in [-0.25, -0.2) is 9.97 Å². The van der Waals surface area contributed by atoms with Gasteiger partial charge in [0, 0.05) is 15.4 Å². The zero-order chi connectivity index (χ0) is 12.7. The van der Waals surface area contributed by atoms with Crippen molar-refractivity contribution in [3.63, 3.8) is 0 Å². The molecule has 3 rings (SSSR count). The van der Waals surface area contributed by atoms with E-state index in [0.29, 0.717) is 0 Å².